The van der Waals surface area contributed by atoms with E-state index >= 15 is 0 Å². The van der Waals surface area contributed by atoms with Crippen molar-refractivity contribution in [3.8, 4) is 11.1 Å². The highest BCUT2D eigenvalue weighted by atomic mass is 19.1. The van der Waals surface area contributed by atoms with Crippen LogP contribution in [0.2, 0.25) is 0 Å². The molecular formula is C15H14F2O. The number of hydrogen-bond donors (Lipinski definition) is 1. The van der Waals surface area contributed by atoms with Crippen molar-refractivity contribution < 1.29 is 13.9 Å². The van der Waals surface area contributed by atoms with Crippen LogP contribution < -0.4 is 0 Å². The third-order valence-corrected chi connectivity index (χ3v) is 2.82. The van der Waals surface area contributed by atoms with Crippen molar-refractivity contribution in [1.82, 2.24) is 0 Å². The van der Waals surface area contributed by atoms with Gasteiger partial charge in [-0.3, -0.25) is 0 Å². The van der Waals surface area contributed by atoms with Gasteiger partial charge in [-0.15, -0.1) is 0 Å². The SMILES string of the molecule is OCCCc1ccc(-c2cc(F)ccc2F)cc1. The van der Waals surface area contributed by atoms with Crippen LogP contribution in [0.25, 0.3) is 11.1 Å². The average molecular weight is 248 g/mol. The van der Waals surface area contributed by atoms with Gasteiger partial charge in [0, 0.05) is 12.2 Å². The second-order valence-corrected chi connectivity index (χ2v) is 4.15. The second-order valence-electron chi connectivity index (χ2n) is 4.15. The highest BCUT2D eigenvalue weighted by Gasteiger charge is 2.06. The first-order chi connectivity index (χ1) is 8.70. The molecule has 0 aliphatic heterocycles. The first-order valence-corrected chi connectivity index (χ1v) is 5.86. The van der Waals surface area contributed by atoms with Gasteiger partial charge in [0.15, 0.2) is 0 Å². The topological polar surface area (TPSA) is 20.2 Å². The molecule has 0 atom stereocenters. The molecule has 0 amide bonds. The lowest BCUT2D eigenvalue weighted by Crippen LogP contribution is -1.90. The fourth-order valence-corrected chi connectivity index (χ4v) is 1.85. The molecule has 2 aromatic carbocycles. The first-order valence-electron chi connectivity index (χ1n) is 5.86. The van der Waals surface area contributed by atoms with Gasteiger partial charge >= 0.3 is 0 Å². The monoisotopic (exact) mass is 248 g/mol. The molecule has 0 heterocycles. The van der Waals surface area contributed by atoms with Crippen LogP contribution in [0.3, 0.4) is 0 Å². The lowest BCUT2D eigenvalue weighted by atomic mass is 10.0. The van der Waals surface area contributed by atoms with Crippen LogP contribution in [0, 0.1) is 11.6 Å². The van der Waals surface area contributed by atoms with E-state index in [-0.39, 0.29) is 12.2 Å². The summed E-state index contributed by atoms with van der Waals surface area (Å²) in [5.41, 5.74) is 1.99. The van der Waals surface area contributed by atoms with Crippen molar-refractivity contribution in [2.45, 2.75) is 12.8 Å². The fraction of sp³-hybridized carbons (Fsp3) is 0.200. The summed E-state index contributed by atoms with van der Waals surface area (Å²) in [5, 5.41) is 8.74. The smallest absolute Gasteiger partial charge is 0.131 e. The molecule has 0 unspecified atom stereocenters. The molecule has 0 saturated heterocycles. The third-order valence-electron chi connectivity index (χ3n) is 2.82. The zero-order valence-corrected chi connectivity index (χ0v) is 9.87. The van der Waals surface area contributed by atoms with E-state index in [0.29, 0.717) is 12.0 Å². The van der Waals surface area contributed by atoms with Gasteiger partial charge < -0.3 is 5.11 Å². The van der Waals surface area contributed by atoms with Crippen molar-refractivity contribution in [3.05, 3.63) is 59.7 Å². The van der Waals surface area contributed by atoms with Crippen molar-refractivity contribution in [3.63, 3.8) is 0 Å². The quantitative estimate of drug-likeness (QED) is 0.877. The summed E-state index contributed by atoms with van der Waals surface area (Å²) < 4.78 is 26.6. The van der Waals surface area contributed by atoms with Crippen molar-refractivity contribution in [1.29, 1.82) is 0 Å². The Morgan fingerprint density at radius 2 is 1.67 bits per heavy atom. The molecule has 2 rings (SSSR count). The Balaban J connectivity index is 2.25. The Morgan fingerprint density at radius 3 is 2.33 bits per heavy atom. The molecule has 3 heteroatoms. The summed E-state index contributed by atoms with van der Waals surface area (Å²) in [6, 6.07) is 10.7. The van der Waals surface area contributed by atoms with E-state index in [0.717, 1.165) is 24.1 Å². The van der Waals surface area contributed by atoms with E-state index in [1.54, 1.807) is 12.1 Å². The van der Waals surface area contributed by atoms with Crippen molar-refractivity contribution >= 4 is 0 Å². The Morgan fingerprint density at radius 1 is 0.944 bits per heavy atom. The Kier molecular flexibility index (Phi) is 4.05. The lowest BCUT2D eigenvalue weighted by Gasteiger charge is -2.05. The van der Waals surface area contributed by atoms with E-state index in [1.165, 1.54) is 6.07 Å². The molecule has 0 aromatic heterocycles. The number of benzene rings is 2. The number of aliphatic hydroxyl groups is 1. The van der Waals surface area contributed by atoms with Crippen molar-refractivity contribution in [2.75, 3.05) is 6.61 Å². The van der Waals surface area contributed by atoms with Gasteiger partial charge in [0.05, 0.1) is 0 Å². The number of aliphatic hydroxyl groups excluding tert-OH is 1. The van der Waals surface area contributed by atoms with Gasteiger partial charge in [-0.2, -0.15) is 0 Å². The van der Waals surface area contributed by atoms with Gasteiger partial charge in [-0.05, 0) is 42.2 Å². The standard InChI is InChI=1S/C15H14F2O/c16-13-7-8-15(17)14(10-13)12-5-3-11(4-6-12)2-1-9-18/h3-8,10,18H,1-2,9H2. The van der Waals surface area contributed by atoms with Crippen LogP contribution in [0.4, 0.5) is 8.78 Å². The van der Waals surface area contributed by atoms with E-state index in [2.05, 4.69) is 0 Å². The van der Waals surface area contributed by atoms with Crippen LogP contribution in [-0.2, 0) is 6.42 Å². The second kappa shape index (κ2) is 5.74. The molecule has 0 radical (unpaired) electrons. The summed E-state index contributed by atoms with van der Waals surface area (Å²) in [5.74, 6) is -0.879. The normalized spacial score (nSPS) is 10.6. The summed E-state index contributed by atoms with van der Waals surface area (Å²) in [6.07, 6.45) is 1.48. The fourth-order valence-electron chi connectivity index (χ4n) is 1.85. The average Bonchev–Trinajstić information content (AvgIpc) is 2.40. The number of hydrogen-bond acceptors (Lipinski definition) is 1. The van der Waals surface area contributed by atoms with Crippen LogP contribution in [0.1, 0.15) is 12.0 Å². The zero-order valence-electron chi connectivity index (χ0n) is 9.87. The maximum Gasteiger partial charge on any atom is 0.131 e. The highest BCUT2D eigenvalue weighted by molar-refractivity contribution is 5.64. The molecule has 94 valence electrons. The molecule has 0 aliphatic rings. The van der Waals surface area contributed by atoms with Crippen LogP contribution in [0.15, 0.2) is 42.5 Å². The maximum atomic E-state index is 13.6. The van der Waals surface area contributed by atoms with Gasteiger partial charge in [0.25, 0.3) is 0 Å². The van der Waals surface area contributed by atoms with Crippen LogP contribution in [-0.4, -0.2) is 11.7 Å². The van der Waals surface area contributed by atoms with Gasteiger partial charge in [0.1, 0.15) is 11.6 Å². The van der Waals surface area contributed by atoms with E-state index in [9.17, 15) is 8.78 Å². The molecule has 1 nitrogen and oxygen atoms in total. The van der Waals surface area contributed by atoms with E-state index in [1.807, 2.05) is 12.1 Å². The predicted molar refractivity (Wildman–Crippen MR) is 67.2 cm³/mol. The van der Waals surface area contributed by atoms with Crippen LogP contribution in [0.5, 0.6) is 0 Å². The molecule has 0 saturated carbocycles. The molecule has 18 heavy (non-hydrogen) atoms. The minimum absolute atomic E-state index is 0.153. The minimum Gasteiger partial charge on any atom is -0.396 e. The number of rotatable bonds is 4. The summed E-state index contributed by atoms with van der Waals surface area (Å²) in [4.78, 5) is 0. The maximum absolute atomic E-state index is 13.6. The first kappa shape index (κ1) is 12.7. The Bertz CT molecular complexity index is 521. The molecule has 0 fully saturated rings. The molecule has 2 aromatic rings. The van der Waals surface area contributed by atoms with Crippen LogP contribution >= 0.6 is 0 Å². The number of halogens is 2. The van der Waals surface area contributed by atoms with Gasteiger partial charge in [-0.25, -0.2) is 8.78 Å². The third kappa shape index (κ3) is 2.93. The molecule has 0 bridgehead atoms. The summed E-state index contributed by atoms with van der Waals surface area (Å²) in [7, 11) is 0. The van der Waals surface area contributed by atoms with Gasteiger partial charge in [0.2, 0.25) is 0 Å². The van der Waals surface area contributed by atoms with E-state index < -0.39 is 11.6 Å². The van der Waals surface area contributed by atoms with Crippen molar-refractivity contribution in [2.24, 2.45) is 0 Å². The Labute approximate surface area is 105 Å². The highest BCUT2D eigenvalue weighted by Crippen LogP contribution is 2.24. The Hall–Kier alpha value is -1.74. The summed E-state index contributed by atoms with van der Waals surface area (Å²) in [6.45, 7) is 0.153. The largest absolute Gasteiger partial charge is 0.396 e. The van der Waals surface area contributed by atoms with E-state index in [4.69, 9.17) is 5.11 Å². The lowest BCUT2D eigenvalue weighted by molar-refractivity contribution is 0.288. The molecule has 0 spiro atoms. The summed E-state index contributed by atoms with van der Waals surface area (Å²) >= 11 is 0. The molecular weight excluding hydrogens is 234 g/mol. The predicted octanol–water partition coefficient (Wildman–Crippen LogP) is 3.56. The molecule has 1 N–H and O–H groups in total. The molecule has 0 aliphatic carbocycles. The minimum atomic E-state index is -0.448. The zero-order chi connectivity index (χ0) is 13.0. The van der Waals surface area contributed by atoms with Gasteiger partial charge in [-0.1, -0.05) is 24.3 Å². The number of aryl methyl sites for hydroxylation is 1.